The first-order valence-corrected chi connectivity index (χ1v) is 11.5. The van der Waals surface area contributed by atoms with Crippen molar-refractivity contribution in [2.24, 2.45) is 0 Å². The minimum absolute atomic E-state index is 0.0256. The predicted molar refractivity (Wildman–Crippen MR) is 134 cm³/mol. The lowest BCUT2D eigenvalue weighted by Crippen LogP contribution is -2.23. The summed E-state index contributed by atoms with van der Waals surface area (Å²) >= 11 is 6.41. The fourth-order valence-electron chi connectivity index (χ4n) is 3.61. The van der Waals surface area contributed by atoms with Crippen molar-refractivity contribution in [2.45, 2.75) is 46.8 Å². The van der Waals surface area contributed by atoms with Gasteiger partial charge < -0.3 is 9.84 Å². The standard InChI is InChI=1S/C26H25ClFN5O3/c1-14-10-30-19(23-15(2)11-31-25(32-23)26(4,5)35)9-20(14)33-16(3)8-21(22(27)24(33)34)36-13-18-7-6-17(28)12-29-18/h6-12,35H,13H2,1-5H3. The van der Waals surface area contributed by atoms with Crippen molar-refractivity contribution >= 4 is 11.6 Å². The van der Waals surface area contributed by atoms with Gasteiger partial charge in [-0.15, -0.1) is 0 Å². The molecule has 36 heavy (non-hydrogen) atoms. The summed E-state index contributed by atoms with van der Waals surface area (Å²) in [6.45, 7) is 8.69. The molecule has 10 heteroatoms. The minimum Gasteiger partial charge on any atom is -0.485 e. The number of pyridine rings is 3. The Morgan fingerprint density at radius 1 is 1.06 bits per heavy atom. The smallest absolute Gasteiger partial charge is 0.277 e. The fraction of sp³-hybridized carbons (Fsp3) is 0.269. The van der Waals surface area contributed by atoms with Crippen LogP contribution in [0.4, 0.5) is 4.39 Å². The maximum absolute atomic E-state index is 13.3. The van der Waals surface area contributed by atoms with Gasteiger partial charge in [0.25, 0.3) is 5.56 Å². The average Bonchev–Trinajstić information content (AvgIpc) is 2.82. The van der Waals surface area contributed by atoms with E-state index in [-0.39, 0.29) is 23.2 Å². The van der Waals surface area contributed by atoms with Crippen LogP contribution < -0.4 is 10.3 Å². The number of ether oxygens (including phenoxy) is 1. The summed E-state index contributed by atoms with van der Waals surface area (Å²) < 4.78 is 20.3. The molecule has 0 aromatic carbocycles. The minimum atomic E-state index is -1.23. The van der Waals surface area contributed by atoms with Gasteiger partial charge >= 0.3 is 0 Å². The van der Waals surface area contributed by atoms with Crippen molar-refractivity contribution < 1.29 is 14.2 Å². The van der Waals surface area contributed by atoms with Crippen LogP contribution in [0.5, 0.6) is 5.75 Å². The Morgan fingerprint density at radius 3 is 2.44 bits per heavy atom. The second-order valence-electron chi connectivity index (χ2n) is 9.00. The molecule has 4 aromatic rings. The Morgan fingerprint density at radius 2 is 1.78 bits per heavy atom. The number of rotatable bonds is 6. The molecular formula is C26H25ClFN5O3. The van der Waals surface area contributed by atoms with Crippen molar-refractivity contribution in [3.05, 3.63) is 92.4 Å². The lowest BCUT2D eigenvalue weighted by Gasteiger charge is -2.18. The fourth-order valence-corrected chi connectivity index (χ4v) is 3.80. The van der Waals surface area contributed by atoms with Crippen LogP contribution in [0.15, 0.2) is 47.7 Å². The second-order valence-corrected chi connectivity index (χ2v) is 9.38. The van der Waals surface area contributed by atoms with Gasteiger partial charge in [0, 0.05) is 24.2 Å². The zero-order valence-electron chi connectivity index (χ0n) is 20.5. The maximum Gasteiger partial charge on any atom is 0.277 e. The van der Waals surface area contributed by atoms with Crippen LogP contribution in [-0.2, 0) is 12.2 Å². The van der Waals surface area contributed by atoms with E-state index in [0.717, 1.165) is 17.3 Å². The first kappa shape index (κ1) is 25.4. The normalized spacial score (nSPS) is 11.6. The third kappa shape index (κ3) is 5.12. The predicted octanol–water partition coefficient (Wildman–Crippen LogP) is 4.61. The van der Waals surface area contributed by atoms with E-state index in [9.17, 15) is 14.3 Å². The van der Waals surface area contributed by atoms with Crippen LogP contribution in [0.3, 0.4) is 0 Å². The van der Waals surface area contributed by atoms with Crippen LogP contribution in [0.25, 0.3) is 17.1 Å². The van der Waals surface area contributed by atoms with Gasteiger partial charge in [0.05, 0.1) is 29.0 Å². The molecule has 4 aromatic heterocycles. The third-order valence-corrected chi connectivity index (χ3v) is 5.89. The van der Waals surface area contributed by atoms with E-state index in [1.807, 2.05) is 13.8 Å². The van der Waals surface area contributed by atoms with E-state index in [2.05, 4.69) is 19.9 Å². The number of nitrogens with zero attached hydrogens (tertiary/aromatic N) is 5. The van der Waals surface area contributed by atoms with E-state index in [1.54, 1.807) is 45.3 Å². The molecule has 8 nitrogen and oxygen atoms in total. The lowest BCUT2D eigenvalue weighted by atomic mass is 10.1. The quantitative estimate of drug-likeness (QED) is 0.405. The first-order chi connectivity index (χ1) is 17.0. The van der Waals surface area contributed by atoms with Gasteiger partial charge in [-0.3, -0.25) is 19.3 Å². The summed E-state index contributed by atoms with van der Waals surface area (Å²) in [7, 11) is 0. The number of aromatic nitrogens is 5. The number of aliphatic hydroxyl groups is 1. The molecule has 0 fully saturated rings. The monoisotopic (exact) mass is 509 g/mol. The van der Waals surface area contributed by atoms with Gasteiger partial charge in [-0.25, -0.2) is 14.4 Å². The Bertz CT molecular complexity index is 1500. The molecule has 186 valence electrons. The lowest BCUT2D eigenvalue weighted by molar-refractivity contribution is 0.0688. The largest absolute Gasteiger partial charge is 0.485 e. The van der Waals surface area contributed by atoms with E-state index in [1.165, 1.54) is 16.7 Å². The van der Waals surface area contributed by atoms with Gasteiger partial charge in [-0.2, -0.15) is 0 Å². The zero-order valence-corrected chi connectivity index (χ0v) is 21.3. The SMILES string of the molecule is Cc1cnc(-c2nc(C(C)(C)O)ncc2C)cc1-n1c(C)cc(OCc2ccc(F)cn2)c(Cl)c1=O. The number of hydrogen-bond donors (Lipinski definition) is 1. The summed E-state index contributed by atoms with van der Waals surface area (Å²) in [6, 6.07) is 6.20. The van der Waals surface area contributed by atoms with E-state index < -0.39 is 17.0 Å². The van der Waals surface area contributed by atoms with Crippen LogP contribution in [0.2, 0.25) is 5.02 Å². The zero-order chi connectivity index (χ0) is 26.2. The van der Waals surface area contributed by atoms with Gasteiger partial charge in [0.15, 0.2) is 5.82 Å². The molecule has 0 unspecified atom stereocenters. The van der Waals surface area contributed by atoms with Crippen molar-refractivity contribution in [3.63, 3.8) is 0 Å². The third-order valence-electron chi connectivity index (χ3n) is 5.54. The van der Waals surface area contributed by atoms with Crippen molar-refractivity contribution in [2.75, 3.05) is 0 Å². The van der Waals surface area contributed by atoms with E-state index in [4.69, 9.17) is 16.3 Å². The topological polar surface area (TPSA) is 103 Å². The highest BCUT2D eigenvalue weighted by Crippen LogP contribution is 2.28. The molecule has 0 saturated carbocycles. The van der Waals surface area contributed by atoms with Crippen LogP contribution in [0.1, 0.15) is 42.2 Å². The van der Waals surface area contributed by atoms with E-state index >= 15 is 0 Å². The van der Waals surface area contributed by atoms with Crippen LogP contribution in [0, 0.1) is 26.6 Å². The van der Waals surface area contributed by atoms with Crippen LogP contribution >= 0.6 is 11.6 Å². The van der Waals surface area contributed by atoms with Gasteiger partial charge in [-0.1, -0.05) is 11.6 Å². The van der Waals surface area contributed by atoms with Crippen molar-refractivity contribution in [1.82, 2.24) is 24.5 Å². The highest BCUT2D eigenvalue weighted by molar-refractivity contribution is 6.31. The molecule has 0 aliphatic rings. The molecule has 4 heterocycles. The Balaban J connectivity index is 1.75. The number of hydrogen-bond acceptors (Lipinski definition) is 7. The van der Waals surface area contributed by atoms with E-state index in [0.29, 0.717) is 28.5 Å². The maximum atomic E-state index is 13.3. The molecule has 0 aliphatic carbocycles. The van der Waals surface area contributed by atoms with Crippen molar-refractivity contribution in [3.8, 4) is 22.8 Å². The second kappa shape index (κ2) is 9.75. The summed E-state index contributed by atoms with van der Waals surface area (Å²) in [5.41, 5.74) is 2.56. The van der Waals surface area contributed by atoms with Gasteiger partial charge in [0.2, 0.25) is 0 Å². The molecule has 0 aliphatic heterocycles. The number of aryl methyl sites for hydroxylation is 3. The molecule has 0 saturated heterocycles. The number of halogens is 2. The molecular weight excluding hydrogens is 485 g/mol. The van der Waals surface area contributed by atoms with Crippen molar-refractivity contribution in [1.29, 1.82) is 0 Å². The summed E-state index contributed by atoms with van der Waals surface area (Å²) in [4.78, 5) is 30.5. The Hall–Kier alpha value is -3.69. The molecule has 0 bridgehead atoms. The summed E-state index contributed by atoms with van der Waals surface area (Å²) in [6.07, 6.45) is 4.38. The van der Waals surface area contributed by atoms with Crippen LogP contribution in [-0.4, -0.2) is 29.6 Å². The Labute approximate surface area is 212 Å². The average molecular weight is 510 g/mol. The molecule has 1 N–H and O–H groups in total. The molecule has 4 rings (SSSR count). The molecule has 0 atom stereocenters. The van der Waals surface area contributed by atoms with Gasteiger partial charge in [-0.05, 0) is 63.9 Å². The molecule has 0 amide bonds. The first-order valence-electron chi connectivity index (χ1n) is 11.1. The molecule has 0 radical (unpaired) electrons. The summed E-state index contributed by atoms with van der Waals surface area (Å²) in [5, 5.41) is 10.3. The highest BCUT2D eigenvalue weighted by atomic mass is 35.5. The van der Waals surface area contributed by atoms with Gasteiger partial charge in [0.1, 0.15) is 28.8 Å². The Kier molecular flexibility index (Phi) is 6.88. The molecule has 0 spiro atoms. The summed E-state index contributed by atoms with van der Waals surface area (Å²) in [5.74, 6) is 0.0197. The highest BCUT2D eigenvalue weighted by Gasteiger charge is 2.22.